The van der Waals surface area contributed by atoms with E-state index in [2.05, 4.69) is 46.0 Å². The van der Waals surface area contributed by atoms with Crippen LogP contribution in [-0.2, 0) is 19.4 Å². The molecule has 1 aromatic carbocycles. The molecule has 0 bridgehead atoms. The molecule has 1 atom stereocenters. The van der Waals surface area contributed by atoms with E-state index in [-0.39, 0.29) is 6.10 Å². The molecule has 1 unspecified atom stereocenters. The highest BCUT2D eigenvalue weighted by Gasteiger charge is 2.21. The Balaban J connectivity index is 1.83. The van der Waals surface area contributed by atoms with E-state index in [0.29, 0.717) is 6.42 Å². The molecule has 4 heteroatoms. The summed E-state index contributed by atoms with van der Waals surface area (Å²) in [6, 6.07) is 8.50. The second kappa shape index (κ2) is 4.53. The monoisotopic (exact) mass is 243 g/mol. The number of aliphatic hydroxyl groups is 1. The van der Waals surface area contributed by atoms with E-state index in [0.717, 1.165) is 31.0 Å². The van der Waals surface area contributed by atoms with E-state index in [9.17, 15) is 5.11 Å². The Morgan fingerprint density at radius 2 is 2.06 bits per heavy atom. The summed E-state index contributed by atoms with van der Waals surface area (Å²) in [6.45, 7) is 2.91. The van der Waals surface area contributed by atoms with Crippen molar-refractivity contribution in [3.8, 4) is 0 Å². The van der Waals surface area contributed by atoms with E-state index in [4.69, 9.17) is 0 Å². The predicted octanol–water partition coefficient (Wildman–Crippen LogP) is 1.48. The zero-order chi connectivity index (χ0) is 12.5. The molecule has 94 valence electrons. The fourth-order valence-electron chi connectivity index (χ4n) is 2.39. The number of aryl methyl sites for hydroxylation is 1. The summed E-state index contributed by atoms with van der Waals surface area (Å²) in [5, 5.41) is 18.0. The van der Waals surface area contributed by atoms with Crippen molar-refractivity contribution < 1.29 is 5.11 Å². The molecular weight excluding hydrogens is 226 g/mol. The van der Waals surface area contributed by atoms with Gasteiger partial charge >= 0.3 is 0 Å². The molecule has 2 heterocycles. The van der Waals surface area contributed by atoms with Crippen LogP contribution in [0.4, 0.5) is 0 Å². The number of aromatic nitrogens is 3. The number of hydrogen-bond acceptors (Lipinski definition) is 3. The fourth-order valence-corrected chi connectivity index (χ4v) is 2.39. The largest absolute Gasteiger partial charge is 0.393 e. The summed E-state index contributed by atoms with van der Waals surface area (Å²) in [5.74, 6) is 1.91. The van der Waals surface area contributed by atoms with Crippen molar-refractivity contribution in [2.75, 3.05) is 0 Å². The molecule has 1 aromatic heterocycles. The Bertz CT molecular complexity index is 545. The second-order valence-electron chi connectivity index (χ2n) is 4.99. The maximum atomic E-state index is 9.60. The summed E-state index contributed by atoms with van der Waals surface area (Å²) in [6.07, 6.45) is 1.98. The molecular formula is C14H17N3O. The topological polar surface area (TPSA) is 50.9 Å². The Kier molecular flexibility index (Phi) is 2.88. The van der Waals surface area contributed by atoms with Gasteiger partial charge in [0.05, 0.1) is 6.10 Å². The lowest BCUT2D eigenvalue weighted by Gasteiger charge is -2.19. The number of nitrogens with zero attached hydrogens (tertiary/aromatic N) is 3. The quantitative estimate of drug-likeness (QED) is 0.869. The van der Waals surface area contributed by atoms with Gasteiger partial charge in [0.2, 0.25) is 0 Å². The number of benzene rings is 1. The highest BCUT2D eigenvalue weighted by Crippen LogP contribution is 2.17. The number of fused-ring (bicyclic) bond motifs is 1. The second-order valence-corrected chi connectivity index (χ2v) is 4.99. The highest BCUT2D eigenvalue weighted by molar-refractivity contribution is 5.24. The third-order valence-electron chi connectivity index (χ3n) is 3.49. The maximum absolute atomic E-state index is 9.60. The van der Waals surface area contributed by atoms with Gasteiger partial charge in [0.25, 0.3) is 0 Å². The minimum atomic E-state index is -0.256. The van der Waals surface area contributed by atoms with Crippen LogP contribution < -0.4 is 0 Å². The van der Waals surface area contributed by atoms with E-state index in [1.54, 1.807) is 0 Å². The Hall–Kier alpha value is -1.68. The molecule has 0 fully saturated rings. The third-order valence-corrected chi connectivity index (χ3v) is 3.49. The first-order chi connectivity index (χ1) is 8.72. The summed E-state index contributed by atoms with van der Waals surface area (Å²) < 4.78 is 2.15. The zero-order valence-electron chi connectivity index (χ0n) is 10.5. The standard InChI is InChI=1S/C14H17N3O/c1-10-2-4-11(5-3-10)8-13-15-16-14-9-12(18)6-7-17(13)14/h2-5,12,18H,6-9H2,1H3. The SMILES string of the molecule is Cc1ccc(Cc2nnc3n2CCC(O)C3)cc1. The normalized spacial score (nSPS) is 18.7. The molecule has 3 rings (SSSR count). The lowest BCUT2D eigenvalue weighted by Crippen LogP contribution is -2.24. The summed E-state index contributed by atoms with van der Waals surface area (Å²) in [5.41, 5.74) is 2.52. The van der Waals surface area contributed by atoms with E-state index >= 15 is 0 Å². The van der Waals surface area contributed by atoms with Gasteiger partial charge in [-0.05, 0) is 18.9 Å². The van der Waals surface area contributed by atoms with E-state index < -0.39 is 0 Å². The molecule has 0 amide bonds. The molecule has 0 radical (unpaired) electrons. The summed E-state index contributed by atoms with van der Waals surface area (Å²) in [4.78, 5) is 0. The van der Waals surface area contributed by atoms with Crippen LogP contribution in [0.5, 0.6) is 0 Å². The van der Waals surface area contributed by atoms with Crippen molar-refractivity contribution >= 4 is 0 Å². The van der Waals surface area contributed by atoms with Gasteiger partial charge in [0.15, 0.2) is 0 Å². The van der Waals surface area contributed by atoms with Crippen LogP contribution >= 0.6 is 0 Å². The molecule has 0 spiro atoms. The minimum absolute atomic E-state index is 0.256. The van der Waals surface area contributed by atoms with Crippen LogP contribution in [0.25, 0.3) is 0 Å². The van der Waals surface area contributed by atoms with Crippen molar-refractivity contribution in [1.82, 2.24) is 14.8 Å². The molecule has 2 aromatic rings. The molecule has 0 saturated heterocycles. The molecule has 18 heavy (non-hydrogen) atoms. The number of aliphatic hydroxyl groups excluding tert-OH is 1. The van der Waals surface area contributed by atoms with Crippen molar-refractivity contribution in [2.45, 2.75) is 38.8 Å². The molecule has 1 N–H and O–H groups in total. The van der Waals surface area contributed by atoms with Gasteiger partial charge in [0, 0.05) is 19.4 Å². The van der Waals surface area contributed by atoms with Gasteiger partial charge in [-0.2, -0.15) is 0 Å². The number of hydrogen-bond donors (Lipinski definition) is 1. The first kappa shape index (κ1) is 11.4. The van der Waals surface area contributed by atoms with E-state index in [1.165, 1.54) is 11.1 Å². The fraction of sp³-hybridized carbons (Fsp3) is 0.429. The molecule has 0 aliphatic carbocycles. The molecule has 1 aliphatic heterocycles. The number of rotatable bonds is 2. The van der Waals surface area contributed by atoms with Crippen LogP contribution in [0.15, 0.2) is 24.3 Å². The Morgan fingerprint density at radius 3 is 2.83 bits per heavy atom. The average Bonchev–Trinajstić information content (AvgIpc) is 2.74. The van der Waals surface area contributed by atoms with Gasteiger partial charge in [-0.3, -0.25) is 0 Å². The first-order valence-corrected chi connectivity index (χ1v) is 6.37. The van der Waals surface area contributed by atoms with E-state index in [1.807, 2.05) is 0 Å². The summed E-state index contributed by atoms with van der Waals surface area (Å²) >= 11 is 0. The van der Waals surface area contributed by atoms with Gasteiger partial charge in [-0.25, -0.2) is 0 Å². The first-order valence-electron chi connectivity index (χ1n) is 6.37. The van der Waals surface area contributed by atoms with Crippen LogP contribution in [-0.4, -0.2) is 26.0 Å². The maximum Gasteiger partial charge on any atom is 0.137 e. The van der Waals surface area contributed by atoms with Crippen molar-refractivity contribution in [1.29, 1.82) is 0 Å². The van der Waals surface area contributed by atoms with Gasteiger partial charge in [-0.15, -0.1) is 10.2 Å². The minimum Gasteiger partial charge on any atom is -0.393 e. The lowest BCUT2D eigenvalue weighted by molar-refractivity contribution is 0.141. The smallest absolute Gasteiger partial charge is 0.137 e. The third kappa shape index (κ3) is 2.16. The highest BCUT2D eigenvalue weighted by atomic mass is 16.3. The van der Waals surface area contributed by atoms with Gasteiger partial charge in [-0.1, -0.05) is 29.8 Å². The predicted molar refractivity (Wildman–Crippen MR) is 68.3 cm³/mol. The van der Waals surface area contributed by atoms with Crippen LogP contribution in [0.2, 0.25) is 0 Å². The zero-order valence-corrected chi connectivity index (χ0v) is 10.5. The van der Waals surface area contributed by atoms with Crippen molar-refractivity contribution in [3.05, 3.63) is 47.0 Å². The van der Waals surface area contributed by atoms with Crippen LogP contribution in [0.3, 0.4) is 0 Å². The average molecular weight is 243 g/mol. The van der Waals surface area contributed by atoms with Gasteiger partial charge in [0.1, 0.15) is 11.6 Å². The Morgan fingerprint density at radius 1 is 1.28 bits per heavy atom. The Labute approximate surface area is 106 Å². The van der Waals surface area contributed by atoms with Crippen molar-refractivity contribution in [3.63, 3.8) is 0 Å². The summed E-state index contributed by atoms with van der Waals surface area (Å²) in [7, 11) is 0. The van der Waals surface area contributed by atoms with Crippen LogP contribution in [0, 0.1) is 6.92 Å². The molecule has 1 aliphatic rings. The lowest BCUT2D eigenvalue weighted by atomic mass is 10.1. The van der Waals surface area contributed by atoms with Gasteiger partial charge < -0.3 is 9.67 Å². The molecule has 4 nitrogen and oxygen atoms in total. The molecule has 0 saturated carbocycles. The van der Waals surface area contributed by atoms with Crippen molar-refractivity contribution in [2.24, 2.45) is 0 Å². The van der Waals surface area contributed by atoms with Crippen LogP contribution in [0.1, 0.15) is 29.2 Å².